The van der Waals surface area contributed by atoms with Gasteiger partial charge in [0.25, 0.3) is 0 Å². The molecule has 0 aromatic heterocycles. The molecule has 0 bridgehead atoms. The third-order valence-electron chi connectivity index (χ3n) is 2.31. The molecule has 0 fully saturated rings. The summed E-state index contributed by atoms with van der Waals surface area (Å²) in [5, 5.41) is 2.75. The molecule has 5 nitrogen and oxygen atoms in total. The zero-order chi connectivity index (χ0) is 11.8. The lowest BCUT2D eigenvalue weighted by Crippen LogP contribution is -2.45. The van der Waals surface area contributed by atoms with E-state index in [2.05, 4.69) is 22.9 Å². The molecule has 15 heavy (non-hydrogen) atoms. The Kier molecular flexibility index (Phi) is 7.15. The van der Waals surface area contributed by atoms with Gasteiger partial charge in [-0.3, -0.25) is 14.3 Å². The number of nitrogens with one attached hydrogen (secondary N) is 2. The Morgan fingerprint density at radius 3 is 2.60 bits per heavy atom. The van der Waals surface area contributed by atoms with Crippen molar-refractivity contribution in [3.05, 3.63) is 0 Å². The predicted molar refractivity (Wildman–Crippen MR) is 62.5 cm³/mol. The van der Waals surface area contributed by atoms with Crippen molar-refractivity contribution in [3.63, 3.8) is 0 Å². The largest absolute Gasteiger partial charge is 0.353 e. The first-order chi connectivity index (χ1) is 7.06. The first kappa shape index (κ1) is 14.2. The Labute approximate surface area is 96.1 Å². The van der Waals surface area contributed by atoms with E-state index in [0.717, 1.165) is 12.8 Å². The molecule has 2 atom stereocenters. The van der Waals surface area contributed by atoms with Gasteiger partial charge in [-0.05, 0) is 13.3 Å². The molecule has 0 aliphatic heterocycles. The van der Waals surface area contributed by atoms with Crippen LogP contribution in [0.4, 0.5) is 0 Å². The third-order valence-corrected chi connectivity index (χ3v) is 2.70. The lowest BCUT2D eigenvalue weighted by atomic mass is 10.2. The Morgan fingerprint density at radius 2 is 2.20 bits per heavy atom. The standard InChI is InChI=1S/C9H19N3O2S/c1-4-8(12(3)6-13)5-10-9(14)7(2)11-15/h6-8,11,15H,4-5H2,1-3H3,(H,10,14). The fourth-order valence-corrected chi connectivity index (χ4v) is 1.21. The number of carbonyl (C=O) groups is 2. The fraction of sp³-hybridized carbons (Fsp3) is 0.778. The number of thiol groups is 1. The number of rotatable bonds is 7. The van der Waals surface area contributed by atoms with Gasteiger partial charge in [-0.2, -0.15) is 0 Å². The molecular weight excluding hydrogens is 214 g/mol. The SMILES string of the molecule is CCC(CNC(=O)C(C)NS)N(C)C=O. The Morgan fingerprint density at radius 1 is 1.60 bits per heavy atom. The van der Waals surface area contributed by atoms with Crippen LogP contribution in [0.1, 0.15) is 20.3 Å². The normalized spacial score (nSPS) is 14.1. The minimum absolute atomic E-state index is 0.0403. The van der Waals surface area contributed by atoms with Crippen molar-refractivity contribution >= 4 is 25.1 Å². The Hall–Kier alpha value is -0.750. The van der Waals surface area contributed by atoms with Gasteiger partial charge in [0.05, 0.1) is 6.04 Å². The fourth-order valence-electron chi connectivity index (χ4n) is 1.09. The number of likely N-dealkylation sites (N-methyl/N-ethyl adjacent to an activating group) is 1. The van der Waals surface area contributed by atoms with Gasteiger partial charge in [-0.25, -0.2) is 0 Å². The summed E-state index contributed by atoms with van der Waals surface area (Å²) >= 11 is 3.80. The van der Waals surface area contributed by atoms with Gasteiger partial charge in [0.2, 0.25) is 12.3 Å². The van der Waals surface area contributed by atoms with Gasteiger partial charge in [0.1, 0.15) is 0 Å². The van der Waals surface area contributed by atoms with E-state index in [9.17, 15) is 9.59 Å². The molecule has 0 heterocycles. The molecule has 0 spiro atoms. The summed E-state index contributed by atoms with van der Waals surface area (Å²) in [7, 11) is 1.70. The average molecular weight is 233 g/mol. The summed E-state index contributed by atoms with van der Waals surface area (Å²) in [6.45, 7) is 4.15. The number of hydrogen-bond acceptors (Lipinski definition) is 4. The molecule has 0 saturated heterocycles. The average Bonchev–Trinajstić information content (AvgIpc) is 2.27. The number of nitrogens with zero attached hydrogens (tertiary/aromatic N) is 1. The van der Waals surface area contributed by atoms with E-state index in [1.54, 1.807) is 18.9 Å². The molecule has 0 aromatic rings. The van der Waals surface area contributed by atoms with Gasteiger partial charge >= 0.3 is 0 Å². The van der Waals surface area contributed by atoms with Gasteiger partial charge in [-0.15, -0.1) is 0 Å². The molecule has 2 unspecified atom stereocenters. The van der Waals surface area contributed by atoms with Crippen molar-refractivity contribution in [2.45, 2.75) is 32.4 Å². The van der Waals surface area contributed by atoms with Gasteiger partial charge < -0.3 is 10.2 Å². The van der Waals surface area contributed by atoms with Crippen LogP contribution < -0.4 is 10.0 Å². The maximum Gasteiger partial charge on any atom is 0.237 e. The van der Waals surface area contributed by atoms with Gasteiger partial charge in [-0.1, -0.05) is 19.7 Å². The first-order valence-electron chi connectivity index (χ1n) is 4.91. The van der Waals surface area contributed by atoms with Crippen LogP contribution in [0.25, 0.3) is 0 Å². The molecule has 0 aromatic carbocycles. The molecule has 2 amide bonds. The van der Waals surface area contributed by atoms with Crippen LogP contribution in [0.2, 0.25) is 0 Å². The Balaban J connectivity index is 4.00. The van der Waals surface area contributed by atoms with E-state index in [1.807, 2.05) is 6.92 Å². The molecule has 0 rings (SSSR count). The molecule has 88 valence electrons. The zero-order valence-corrected chi connectivity index (χ0v) is 10.3. The van der Waals surface area contributed by atoms with Crippen molar-refractivity contribution in [2.75, 3.05) is 13.6 Å². The smallest absolute Gasteiger partial charge is 0.237 e. The lowest BCUT2D eigenvalue weighted by molar-refractivity contribution is -0.124. The summed E-state index contributed by atoms with van der Waals surface area (Å²) in [6.07, 6.45) is 1.57. The summed E-state index contributed by atoms with van der Waals surface area (Å²) in [5.41, 5.74) is 0. The highest BCUT2D eigenvalue weighted by molar-refractivity contribution is 7.78. The van der Waals surface area contributed by atoms with E-state index < -0.39 is 0 Å². The van der Waals surface area contributed by atoms with Crippen LogP contribution in [-0.4, -0.2) is 42.9 Å². The number of hydrogen-bond donors (Lipinski definition) is 3. The van der Waals surface area contributed by atoms with Crippen LogP contribution >= 0.6 is 12.8 Å². The minimum atomic E-state index is -0.340. The first-order valence-corrected chi connectivity index (χ1v) is 5.36. The van der Waals surface area contributed by atoms with E-state index >= 15 is 0 Å². The maximum absolute atomic E-state index is 11.4. The zero-order valence-electron chi connectivity index (χ0n) is 9.36. The highest BCUT2D eigenvalue weighted by Crippen LogP contribution is 1.97. The van der Waals surface area contributed by atoms with Gasteiger partial charge in [0, 0.05) is 19.6 Å². The molecular formula is C9H19N3O2S. The van der Waals surface area contributed by atoms with Crippen LogP contribution in [0.3, 0.4) is 0 Å². The molecule has 0 radical (unpaired) electrons. The third kappa shape index (κ3) is 5.03. The molecule has 0 aliphatic carbocycles. The van der Waals surface area contributed by atoms with Crippen LogP contribution in [0.15, 0.2) is 0 Å². The minimum Gasteiger partial charge on any atom is -0.353 e. The molecule has 2 N–H and O–H groups in total. The number of amides is 2. The maximum atomic E-state index is 11.4. The second kappa shape index (κ2) is 7.53. The topological polar surface area (TPSA) is 61.4 Å². The summed E-state index contributed by atoms with van der Waals surface area (Å²) in [6, 6.07) is -0.300. The lowest BCUT2D eigenvalue weighted by Gasteiger charge is -2.24. The number of carbonyl (C=O) groups excluding carboxylic acids is 2. The highest BCUT2D eigenvalue weighted by Gasteiger charge is 2.15. The van der Waals surface area contributed by atoms with E-state index in [0.29, 0.717) is 6.54 Å². The van der Waals surface area contributed by atoms with E-state index in [-0.39, 0.29) is 18.0 Å². The summed E-state index contributed by atoms with van der Waals surface area (Å²) in [4.78, 5) is 23.5. The molecule has 0 aliphatic rings. The van der Waals surface area contributed by atoms with Crippen LogP contribution in [0.5, 0.6) is 0 Å². The monoisotopic (exact) mass is 233 g/mol. The predicted octanol–water partition coefficient (Wildman–Crippen LogP) is -0.208. The quantitative estimate of drug-likeness (QED) is 0.421. The van der Waals surface area contributed by atoms with Crippen molar-refractivity contribution in [1.82, 2.24) is 14.9 Å². The summed E-state index contributed by atoms with van der Waals surface area (Å²) < 4.78 is 2.55. The molecule has 0 saturated carbocycles. The Bertz CT molecular complexity index is 214. The van der Waals surface area contributed by atoms with E-state index in [1.165, 1.54) is 0 Å². The van der Waals surface area contributed by atoms with Crippen molar-refractivity contribution < 1.29 is 9.59 Å². The van der Waals surface area contributed by atoms with Crippen molar-refractivity contribution in [3.8, 4) is 0 Å². The molecule has 6 heteroatoms. The van der Waals surface area contributed by atoms with Gasteiger partial charge in [0.15, 0.2) is 0 Å². The highest BCUT2D eigenvalue weighted by atomic mass is 32.1. The van der Waals surface area contributed by atoms with Crippen molar-refractivity contribution in [1.29, 1.82) is 0 Å². The second-order valence-corrected chi connectivity index (χ2v) is 3.69. The van der Waals surface area contributed by atoms with Crippen LogP contribution in [0, 0.1) is 0 Å². The second-order valence-electron chi connectivity index (χ2n) is 3.43. The van der Waals surface area contributed by atoms with Crippen LogP contribution in [-0.2, 0) is 9.59 Å². The van der Waals surface area contributed by atoms with E-state index in [4.69, 9.17) is 0 Å². The summed E-state index contributed by atoms with van der Waals surface area (Å²) in [5.74, 6) is -0.122. The van der Waals surface area contributed by atoms with Crippen molar-refractivity contribution in [2.24, 2.45) is 0 Å².